The zero-order chi connectivity index (χ0) is 12.6. The number of rotatable bonds is 4. The molecule has 1 aromatic rings. The van der Waals surface area contributed by atoms with Crippen molar-refractivity contribution in [3.63, 3.8) is 0 Å². The number of anilines is 2. The third-order valence-corrected chi connectivity index (χ3v) is 3.53. The molecule has 1 fully saturated rings. The minimum absolute atomic E-state index is 0.239. The highest BCUT2D eigenvalue weighted by molar-refractivity contribution is 5.95. The van der Waals surface area contributed by atoms with Gasteiger partial charge in [0.2, 0.25) is 0 Å². The van der Waals surface area contributed by atoms with Gasteiger partial charge in [0.25, 0.3) is 0 Å². The predicted octanol–water partition coefficient (Wildman–Crippen LogP) is 2.42. The van der Waals surface area contributed by atoms with E-state index in [9.17, 15) is 4.79 Å². The molecule has 4 nitrogen and oxygen atoms in total. The molecule has 1 atom stereocenters. The van der Waals surface area contributed by atoms with E-state index in [1.54, 1.807) is 12.1 Å². The molecular formula is C13H18N2O2. The molecule has 0 aliphatic heterocycles. The first-order chi connectivity index (χ1) is 7.90. The first-order valence-corrected chi connectivity index (χ1v) is 5.77. The molecule has 17 heavy (non-hydrogen) atoms. The number of nitrogens with one attached hydrogen (secondary N) is 1. The lowest BCUT2D eigenvalue weighted by atomic mass is 10.1. The lowest BCUT2D eigenvalue weighted by Gasteiger charge is -2.11. The maximum atomic E-state index is 11.1. The average molecular weight is 234 g/mol. The van der Waals surface area contributed by atoms with Crippen LogP contribution >= 0.6 is 0 Å². The van der Waals surface area contributed by atoms with Gasteiger partial charge in [-0.25, -0.2) is 4.79 Å². The van der Waals surface area contributed by atoms with E-state index in [0.717, 1.165) is 6.54 Å². The topological polar surface area (TPSA) is 75.3 Å². The molecular weight excluding hydrogens is 216 g/mol. The molecule has 1 aromatic carbocycles. The summed E-state index contributed by atoms with van der Waals surface area (Å²) in [5.74, 6) is -0.323. The fourth-order valence-electron chi connectivity index (χ4n) is 2.05. The molecule has 0 radical (unpaired) electrons. The Balaban J connectivity index is 2.08. The first kappa shape index (κ1) is 11.8. The molecule has 4 N–H and O–H groups in total. The Hall–Kier alpha value is -1.71. The summed E-state index contributed by atoms with van der Waals surface area (Å²) in [7, 11) is 0. The quantitative estimate of drug-likeness (QED) is 0.699. The van der Waals surface area contributed by atoms with Gasteiger partial charge in [-0.05, 0) is 36.0 Å². The number of hydrogen-bond donors (Lipinski definition) is 3. The fourth-order valence-corrected chi connectivity index (χ4v) is 2.05. The van der Waals surface area contributed by atoms with E-state index >= 15 is 0 Å². The summed E-state index contributed by atoms with van der Waals surface area (Å²) in [6, 6.07) is 4.93. The van der Waals surface area contributed by atoms with Crippen LogP contribution in [-0.2, 0) is 0 Å². The summed E-state index contributed by atoms with van der Waals surface area (Å²) < 4.78 is 0. The van der Waals surface area contributed by atoms with Gasteiger partial charge in [-0.3, -0.25) is 0 Å². The monoisotopic (exact) mass is 234 g/mol. The highest BCUT2D eigenvalue weighted by Crippen LogP contribution is 2.51. The molecule has 0 heterocycles. The lowest BCUT2D eigenvalue weighted by Crippen LogP contribution is -2.11. The number of nitrogens with two attached hydrogens (primary N) is 1. The van der Waals surface area contributed by atoms with Gasteiger partial charge < -0.3 is 16.2 Å². The zero-order valence-electron chi connectivity index (χ0n) is 10.2. The molecule has 0 amide bonds. The van der Waals surface area contributed by atoms with Crippen molar-refractivity contribution in [1.29, 1.82) is 0 Å². The number of hydrogen-bond acceptors (Lipinski definition) is 3. The molecule has 1 unspecified atom stereocenters. The number of carboxylic acid groups (broad SMARTS) is 1. The van der Waals surface area contributed by atoms with Crippen molar-refractivity contribution in [2.75, 3.05) is 17.6 Å². The SMILES string of the molecule is CC1(C)CC1CNc1ccc(N)cc1C(=O)O. The summed E-state index contributed by atoms with van der Waals surface area (Å²) in [6.07, 6.45) is 1.19. The van der Waals surface area contributed by atoms with Crippen LogP contribution in [0.25, 0.3) is 0 Å². The Morgan fingerprint density at radius 3 is 2.76 bits per heavy atom. The number of carbonyl (C=O) groups is 1. The Morgan fingerprint density at radius 1 is 1.59 bits per heavy atom. The highest BCUT2D eigenvalue weighted by Gasteiger charge is 2.45. The minimum Gasteiger partial charge on any atom is -0.478 e. The summed E-state index contributed by atoms with van der Waals surface area (Å²) in [5.41, 5.74) is 7.34. The van der Waals surface area contributed by atoms with Gasteiger partial charge in [-0.1, -0.05) is 13.8 Å². The van der Waals surface area contributed by atoms with Gasteiger partial charge in [0.1, 0.15) is 0 Å². The summed E-state index contributed by atoms with van der Waals surface area (Å²) in [6.45, 7) is 5.26. The van der Waals surface area contributed by atoms with Crippen LogP contribution in [0.3, 0.4) is 0 Å². The molecule has 1 aliphatic carbocycles. The van der Waals surface area contributed by atoms with Crippen LogP contribution in [0.5, 0.6) is 0 Å². The van der Waals surface area contributed by atoms with Crippen molar-refractivity contribution >= 4 is 17.3 Å². The Bertz CT molecular complexity index is 455. The van der Waals surface area contributed by atoms with E-state index in [1.165, 1.54) is 12.5 Å². The molecule has 4 heteroatoms. The molecule has 2 rings (SSSR count). The number of aromatic carboxylic acids is 1. The van der Waals surface area contributed by atoms with Gasteiger partial charge in [0.15, 0.2) is 0 Å². The molecule has 0 bridgehead atoms. The maximum absolute atomic E-state index is 11.1. The van der Waals surface area contributed by atoms with E-state index in [4.69, 9.17) is 10.8 Å². The van der Waals surface area contributed by atoms with E-state index in [0.29, 0.717) is 22.7 Å². The van der Waals surface area contributed by atoms with Crippen molar-refractivity contribution in [3.05, 3.63) is 23.8 Å². The molecule has 0 saturated heterocycles. The van der Waals surface area contributed by atoms with Crippen molar-refractivity contribution in [3.8, 4) is 0 Å². The van der Waals surface area contributed by atoms with Crippen LogP contribution in [0.2, 0.25) is 0 Å². The summed E-state index contributed by atoms with van der Waals surface area (Å²) in [4.78, 5) is 11.1. The van der Waals surface area contributed by atoms with E-state index in [2.05, 4.69) is 19.2 Å². The highest BCUT2D eigenvalue weighted by atomic mass is 16.4. The normalized spacial score (nSPS) is 20.9. The van der Waals surface area contributed by atoms with Gasteiger partial charge in [-0.2, -0.15) is 0 Å². The maximum Gasteiger partial charge on any atom is 0.337 e. The third kappa shape index (κ3) is 2.52. The summed E-state index contributed by atoms with van der Waals surface area (Å²) >= 11 is 0. The number of benzene rings is 1. The minimum atomic E-state index is -0.949. The number of nitrogen functional groups attached to an aromatic ring is 1. The van der Waals surface area contributed by atoms with Gasteiger partial charge in [0, 0.05) is 17.9 Å². The first-order valence-electron chi connectivity index (χ1n) is 5.77. The van der Waals surface area contributed by atoms with Gasteiger partial charge >= 0.3 is 5.97 Å². The zero-order valence-corrected chi connectivity index (χ0v) is 10.2. The Labute approximate surface area is 101 Å². The standard InChI is InChI=1S/C13H18N2O2/c1-13(2)6-8(13)7-15-11-4-3-9(14)5-10(11)12(16)17/h3-5,8,15H,6-7,14H2,1-2H3,(H,16,17). The average Bonchev–Trinajstić information content (AvgIpc) is 2.84. The van der Waals surface area contributed by atoms with Crippen molar-refractivity contribution in [2.24, 2.45) is 11.3 Å². The third-order valence-electron chi connectivity index (χ3n) is 3.53. The molecule has 92 valence electrons. The van der Waals surface area contributed by atoms with Crippen LogP contribution in [-0.4, -0.2) is 17.6 Å². The second kappa shape index (κ2) is 3.95. The Kier molecular flexibility index (Phi) is 2.73. The second-order valence-corrected chi connectivity index (χ2v) is 5.38. The molecule has 0 spiro atoms. The van der Waals surface area contributed by atoms with Crippen LogP contribution in [0.4, 0.5) is 11.4 Å². The van der Waals surface area contributed by atoms with Crippen molar-refractivity contribution in [1.82, 2.24) is 0 Å². The van der Waals surface area contributed by atoms with Crippen LogP contribution in [0.15, 0.2) is 18.2 Å². The van der Waals surface area contributed by atoms with E-state index in [1.807, 2.05) is 0 Å². The van der Waals surface area contributed by atoms with Gasteiger partial charge in [0.05, 0.1) is 5.56 Å². The second-order valence-electron chi connectivity index (χ2n) is 5.38. The van der Waals surface area contributed by atoms with Crippen LogP contribution in [0.1, 0.15) is 30.6 Å². The predicted molar refractivity (Wildman–Crippen MR) is 68.2 cm³/mol. The fraction of sp³-hybridized carbons (Fsp3) is 0.462. The molecule has 1 aliphatic rings. The van der Waals surface area contributed by atoms with Crippen molar-refractivity contribution in [2.45, 2.75) is 20.3 Å². The Morgan fingerprint density at radius 2 is 2.24 bits per heavy atom. The number of carboxylic acids is 1. The van der Waals surface area contributed by atoms with Gasteiger partial charge in [-0.15, -0.1) is 0 Å². The largest absolute Gasteiger partial charge is 0.478 e. The molecule has 0 aromatic heterocycles. The van der Waals surface area contributed by atoms with E-state index < -0.39 is 5.97 Å². The molecule has 1 saturated carbocycles. The van der Waals surface area contributed by atoms with Crippen LogP contribution < -0.4 is 11.1 Å². The van der Waals surface area contributed by atoms with E-state index in [-0.39, 0.29) is 5.56 Å². The smallest absolute Gasteiger partial charge is 0.337 e. The lowest BCUT2D eigenvalue weighted by molar-refractivity contribution is 0.0698. The van der Waals surface area contributed by atoms with Crippen molar-refractivity contribution < 1.29 is 9.90 Å². The van der Waals surface area contributed by atoms with Crippen LogP contribution in [0, 0.1) is 11.3 Å². The summed E-state index contributed by atoms with van der Waals surface area (Å²) in [5, 5.41) is 12.3.